The van der Waals surface area contributed by atoms with E-state index in [-0.39, 0.29) is 12.3 Å². The summed E-state index contributed by atoms with van der Waals surface area (Å²) in [4.78, 5) is 13.7. The average molecular weight is 386 g/mol. The number of benzene rings is 2. The Hall–Kier alpha value is -1.91. The lowest BCUT2D eigenvalue weighted by molar-refractivity contribution is -0.137. The topological polar surface area (TPSA) is 42.2 Å². The molecule has 0 aliphatic carbocycles. The summed E-state index contributed by atoms with van der Waals surface area (Å²) in [7, 11) is 0. The van der Waals surface area contributed by atoms with Crippen LogP contribution in [-0.2, 0) is 11.3 Å². The summed E-state index contributed by atoms with van der Waals surface area (Å²) in [6.45, 7) is 3.05. The van der Waals surface area contributed by atoms with E-state index < -0.39 is 5.97 Å². The summed E-state index contributed by atoms with van der Waals surface area (Å²) in [5.41, 5.74) is 3.62. The number of rotatable bonds is 4. The fourth-order valence-corrected chi connectivity index (χ4v) is 5.16. The van der Waals surface area contributed by atoms with Crippen molar-refractivity contribution in [3.63, 3.8) is 0 Å². The molecular weight excluding hydrogens is 366 g/mol. The Bertz CT molecular complexity index is 978. The number of nitrogens with zero attached hydrogens (tertiary/aromatic N) is 1. The van der Waals surface area contributed by atoms with Gasteiger partial charge in [0.05, 0.1) is 6.42 Å². The maximum Gasteiger partial charge on any atom is 0.304 e. The number of aryl methyl sites for hydroxylation is 2. The van der Waals surface area contributed by atoms with Crippen LogP contribution in [0.25, 0.3) is 10.9 Å². The number of carboxylic acid groups (broad SMARTS) is 1. The van der Waals surface area contributed by atoms with Crippen LogP contribution in [0.15, 0.2) is 52.3 Å². The summed E-state index contributed by atoms with van der Waals surface area (Å²) < 4.78 is 2.34. The summed E-state index contributed by atoms with van der Waals surface area (Å²) in [5.74, 6) is -0.670. The van der Waals surface area contributed by atoms with Crippen LogP contribution in [0.1, 0.15) is 36.4 Å². The van der Waals surface area contributed by atoms with E-state index in [2.05, 4.69) is 29.7 Å². The van der Waals surface area contributed by atoms with Gasteiger partial charge in [-0.2, -0.15) is 0 Å². The average Bonchev–Trinajstić information content (AvgIpc) is 2.91. The molecule has 3 nitrogen and oxygen atoms in total. The molecule has 4 rings (SSSR count). The molecule has 0 spiro atoms. The third-order valence-corrected chi connectivity index (χ3v) is 6.38. The van der Waals surface area contributed by atoms with Gasteiger partial charge in [0.2, 0.25) is 0 Å². The third-order valence-electron chi connectivity index (χ3n) is 4.99. The monoisotopic (exact) mass is 385 g/mol. The molecule has 0 fully saturated rings. The molecule has 0 radical (unpaired) electrons. The second-order valence-electron chi connectivity index (χ2n) is 6.88. The SMILES string of the molecule is Cc1ccc2c(Sc3ccc(Cl)cc3)c3n(c2c1)CCCC3CC(=O)O. The van der Waals surface area contributed by atoms with Crippen molar-refractivity contribution in [2.45, 2.75) is 48.4 Å². The van der Waals surface area contributed by atoms with Crippen molar-refractivity contribution < 1.29 is 9.90 Å². The minimum absolute atomic E-state index is 0.0590. The molecular formula is C21H20ClNO2S. The summed E-state index contributed by atoms with van der Waals surface area (Å²) in [6.07, 6.45) is 2.13. The first kappa shape index (κ1) is 17.5. The van der Waals surface area contributed by atoms with Gasteiger partial charge in [-0.3, -0.25) is 4.79 Å². The maximum absolute atomic E-state index is 11.4. The van der Waals surface area contributed by atoms with E-state index in [4.69, 9.17) is 11.6 Å². The lowest BCUT2D eigenvalue weighted by Crippen LogP contribution is -2.18. The quantitative estimate of drug-likeness (QED) is 0.589. The molecule has 0 saturated carbocycles. The first-order chi connectivity index (χ1) is 12.5. The molecule has 5 heteroatoms. The lowest BCUT2D eigenvalue weighted by Gasteiger charge is -2.25. The maximum atomic E-state index is 11.4. The highest BCUT2D eigenvalue weighted by molar-refractivity contribution is 7.99. The van der Waals surface area contributed by atoms with Gasteiger partial charge < -0.3 is 9.67 Å². The van der Waals surface area contributed by atoms with Gasteiger partial charge >= 0.3 is 5.97 Å². The van der Waals surface area contributed by atoms with Gasteiger partial charge in [-0.05, 0) is 55.7 Å². The summed E-state index contributed by atoms with van der Waals surface area (Å²) in [6, 6.07) is 14.4. The van der Waals surface area contributed by atoms with E-state index in [1.807, 2.05) is 24.3 Å². The Balaban J connectivity index is 1.89. The number of hydrogen-bond donors (Lipinski definition) is 1. The van der Waals surface area contributed by atoms with Gasteiger partial charge in [-0.1, -0.05) is 35.5 Å². The van der Waals surface area contributed by atoms with Crippen LogP contribution in [-0.4, -0.2) is 15.6 Å². The molecule has 1 N–H and O–H groups in total. The van der Waals surface area contributed by atoms with E-state index in [9.17, 15) is 9.90 Å². The minimum Gasteiger partial charge on any atom is -0.481 e. The van der Waals surface area contributed by atoms with Gasteiger partial charge in [0.25, 0.3) is 0 Å². The van der Waals surface area contributed by atoms with E-state index >= 15 is 0 Å². The Morgan fingerprint density at radius 2 is 2.04 bits per heavy atom. The number of aromatic nitrogens is 1. The molecule has 1 aliphatic heterocycles. The highest BCUT2D eigenvalue weighted by atomic mass is 35.5. The molecule has 2 aromatic carbocycles. The third kappa shape index (κ3) is 3.24. The second kappa shape index (κ2) is 7.01. The number of aliphatic carboxylic acids is 1. The highest BCUT2D eigenvalue weighted by Gasteiger charge is 2.29. The zero-order valence-electron chi connectivity index (χ0n) is 14.5. The Morgan fingerprint density at radius 1 is 1.27 bits per heavy atom. The summed E-state index contributed by atoms with van der Waals surface area (Å²) in [5, 5.41) is 11.3. The first-order valence-corrected chi connectivity index (χ1v) is 10.0. The lowest BCUT2D eigenvalue weighted by atomic mass is 9.93. The molecule has 1 aliphatic rings. The van der Waals surface area contributed by atoms with Crippen molar-refractivity contribution in [2.24, 2.45) is 0 Å². The molecule has 0 amide bonds. The molecule has 1 unspecified atom stereocenters. The smallest absolute Gasteiger partial charge is 0.304 e. The number of halogens is 1. The van der Waals surface area contributed by atoms with Gasteiger partial charge in [0.1, 0.15) is 0 Å². The summed E-state index contributed by atoms with van der Waals surface area (Å²) >= 11 is 7.73. The molecule has 134 valence electrons. The predicted molar refractivity (Wildman–Crippen MR) is 106 cm³/mol. The molecule has 26 heavy (non-hydrogen) atoms. The zero-order chi connectivity index (χ0) is 18.3. The molecule has 2 heterocycles. The van der Waals surface area contributed by atoms with Crippen LogP contribution < -0.4 is 0 Å². The fraction of sp³-hybridized carbons (Fsp3) is 0.286. The molecule has 0 bridgehead atoms. The largest absolute Gasteiger partial charge is 0.481 e. The number of carboxylic acids is 1. The Kier molecular flexibility index (Phi) is 4.72. The van der Waals surface area contributed by atoms with Crippen LogP contribution in [0, 0.1) is 6.92 Å². The van der Waals surface area contributed by atoms with Gasteiger partial charge in [0.15, 0.2) is 0 Å². The van der Waals surface area contributed by atoms with Gasteiger partial charge in [0, 0.05) is 43.9 Å². The van der Waals surface area contributed by atoms with Gasteiger partial charge in [-0.25, -0.2) is 0 Å². The predicted octanol–water partition coefficient (Wildman–Crippen LogP) is 6.11. The fourth-order valence-electron chi connectivity index (χ4n) is 3.86. The second-order valence-corrected chi connectivity index (χ2v) is 8.40. The van der Waals surface area contributed by atoms with E-state index in [1.54, 1.807) is 11.8 Å². The minimum atomic E-state index is -0.729. The number of fused-ring (bicyclic) bond motifs is 3. The van der Waals surface area contributed by atoms with Crippen molar-refractivity contribution in [3.05, 3.63) is 58.7 Å². The van der Waals surface area contributed by atoms with E-state index in [1.165, 1.54) is 27.1 Å². The normalized spacial score (nSPS) is 16.6. The van der Waals surface area contributed by atoms with Crippen LogP contribution in [0.4, 0.5) is 0 Å². The molecule has 1 atom stereocenters. The zero-order valence-corrected chi connectivity index (χ0v) is 16.1. The van der Waals surface area contributed by atoms with Crippen LogP contribution in [0.3, 0.4) is 0 Å². The van der Waals surface area contributed by atoms with E-state index in [0.29, 0.717) is 0 Å². The van der Waals surface area contributed by atoms with Crippen molar-refractivity contribution in [3.8, 4) is 0 Å². The van der Waals surface area contributed by atoms with Crippen molar-refractivity contribution in [1.82, 2.24) is 4.57 Å². The van der Waals surface area contributed by atoms with E-state index in [0.717, 1.165) is 29.3 Å². The molecule has 0 saturated heterocycles. The Labute approximate surface area is 162 Å². The highest BCUT2D eigenvalue weighted by Crippen LogP contribution is 2.46. The van der Waals surface area contributed by atoms with Crippen LogP contribution >= 0.6 is 23.4 Å². The van der Waals surface area contributed by atoms with Crippen LogP contribution in [0.5, 0.6) is 0 Å². The van der Waals surface area contributed by atoms with Crippen molar-refractivity contribution in [2.75, 3.05) is 0 Å². The van der Waals surface area contributed by atoms with Gasteiger partial charge in [-0.15, -0.1) is 0 Å². The van der Waals surface area contributed by atoms with Crippen LogP contribution in [0.2, 0.25) is 5.02 Å². The standard InChI is InChI=1S/C21H20ClNO2S/c1-13-4-9-17-18(11-13)23-10-2-3-14(12-19(24)25)20(23)21(17)26-16-7-5-15(22)6-8-16/h4-9,11,14H,2-3,10,12H2,1H3,(H,24,25). The van der Waals surface area contributed by atoms with Crippen molar-refractivity contribution >= 4 is 40.2 Å². The molecule has 3 aromatic rings. The molecule has 1 aromatic heterocycles. The Morgan fingerprint density at radius 3 is 2.77 bits per heavy atom. The number of hydrogen-bond acceptors (Lipinski definition) is 2. The first-order valence-electron chi connectivity index (χ1n) is 8.81. The number of carbonyl (C=O) groups is 1. The van der Waals surface area contributed by atoms with Crippen molar-refractivity contribution in [1.29, 1.82) is 0 Å².